The van der Waals surface area contributed by atoms with Crippen LogP contribution in [0.15, 0.2) is 12.2 Å². The maximum Gasteiger partial charge on any atom is 0.263 e. The molecule has 3 heteroatoms. The second kappa shape index (κ2) is 3.74. The molecule has 0 atom stereocenters. The number of halogens is 2. The van der Waals surface area contributed by atoms with Gasteiger partial charge in [-0.3, -0.25) is 0 Å². The highest BCUT2D eigenvalue weighted by Crippen LogP contribution is 2.43. The van der Waals surface area contributed by atoms with Crippen LogP contribution in [0.1, 0.15) is 26.2 Å². The molecule has 76 valence electrons. The van der Waals surface area contributed by atoms with Crippen molar-refractivity contribution in [3.05, 3.63) is 12.2 Å². The molecule has 0 spiro atoms. The van der Waals surface area contributed by atoms with Gasteiger partial charge in [-0.15, -0.1) is 0 Å². The van der Waals surface area contributed by atoms with Gasteiger partial charge < -0.3 is 4.74 Å². The average molecular weight is 190 g/mol. The summed E-state index contributed by atoms with van der Waals surface area (Å²) in [6, 6.07) is 0. The van der Waals surface area contributed by atoms with Crippen LogP contribution in [0.4, 0.5) is 8.78 Å². The monoisotopic (exact) mass is 190 g/mol. The number of hydrogen-bond acceptors (Lipinski definition) is 1. The Labute approximate surface area is 77.8 Å². The molecule has 0 N–H and O–H groups in total. The van der Waals surface area contributed by atoms with E-state index in [0.717, 1.165) is 32.3 Å². The van der Waals surface area contributed by atoms with Crippen molar-refractivity contribution in [3.63, 3.8) is 0 Å². The molecule has 0 amide bonds. The first kappa shape index (κ1) is 10.6. The lowest BCUT2D eigenvalue weighted by molar-refractivity contribution is 0.0479. The Morgan fingerprint density at radius 3 is 2.38 bits per heavy atom. The molecule has 0 heterocycles. The van der Waals surface area contributed by atoms with E-state index in [1.807, 2.05) is 0 Å². The number of methoxy groups -OCH3 is 1. The van der Waals surface area contributed by atoms with Gasteiger partial charge in [-0.25, -0.2) is 8.78 Å². The third kappa shape index (κ3) is 3.07. The minimum absolute atomic E-state index is 0.103. The van der Waals surface area contributed by atoms with E-state index in [2.05, 4.69) is 0 Å². The minimum atomic E-state index is -2.70. The van der Waals surface area contributed by atoms with Gasteiger partial charge in [0.15, 0.2) is 0 Å². The van der Waals surface area contributed by atoms with Crippen LogP contribution in [-0.4, -0.2) is 19.6 Å². The van der Waals surface area contributed by atoms with Crippen LogP contribution in [0, 0.1) is 5.41 Å². The van der Waals surface area contributed by atoms with E-state index in [9.17, 15) is 8.78 Å². The zero-order valence-electron chi connectivity index (χ0n) is 8.15. The summed E-state index contributed by atoms with van der Waals surface area (Å²) in [5, 5.41) is 0. The number of rotatable bonds is 4. The average Bonchev–Trinajstić information content (AvgIpc) is 1.92. The summed E-state index contributed by atoms with van der Waals surface area (Å²) in [6.07, 6.45) is 5.66. The maximum atomic E-state index is 12.5. The summed E-state index contributed by atoms with van der Waals surface area (Å²) >= 11 is 0. The molecule has 13 heavy (non-hydrogen) atoms. The molecular weight excluding hydrogens is 174 g/mol. The topological polar surface area (TPSA) is 9.23 Å². The Balaban J connectivity index is 2.53. The molecule has 0 aromatic rings. The predicted octanol–water partition coefficient (Wildman–Crippen LogP) is 3.01. The Kier molecular flexibility index (Phi) is 3.06. The van der Waals surface area contributed by atoms with Crippen LogP contribution in [0.2, 0.25) is 0 Å². The van der Waals surface area contributed by atoms with E-state index in [1.165, 1.54) is 0 Å². The molecule has 0 aromatic carbocycles. The first-order chi connectivity index (χ1) is 5.97. The number of allylic oxidation sites excluding steroid dienone is 1. The Morgan fingerprint density at radius 1 is 1.46 bits per heavy atom. The van der Waals surface area contributed by atoms with Crippen molar-refractivity contribution in [2.45, 2.75) is 32.1 Å². The van der Waals surface area contributed by atoms with Gasteiger partial charge in [0.05, 0.1) is 6.61 Å². The van der Waals surface area contributed by atoms with E-state index in [1.54, 1.807) is 13.2 Å². The Morgan fingerprint density at radius 2 is 2.08 bits per heavy atom. The van der Waals surface area contributed by atoms with E-state index in [4.69, 9.17) is 4.74 Å². The van der Waals surface area contributed by atoms with Crippen LogP contribution >= 0.6 is 0 Å². The van der Waals surface area contributed by atoms with E-state index < -0.39 is 5.92 Å². The van der Waals surface area contributed by atoms with Crippen LogP contribution in [0.3, 0.4) is 0 Å². The van der Waals surface area contributed by atoms with E-state index in [-0.39, 0.29) is 5.41 Å². The summed E-state index contributed by atoms with van der Waals surface area (Å²) in [4.78, 5) is 0. The molecule has 0 saturated heterocycles. The summed E-state index contributed by atoms with van der Waals surface area (Å²) in [5.41, 5.74) is -0.103. The van der Waals surface area contributed by atoms with Crippen molar-refractivity contribution in [1.29, 1.82) is 0 Å². The van der Waals surface area contributed by atoms with Crippen molar-refractivity contribution in [1.82, 2.24) is 0 Å². The number of ether oxygens (including phenoxy) is 1. The molecule has 0 unspecified atom stereocenters. The molecule has 0 radical (unpaired) electrons. The van der Waals surface area contributed by atoms with Gasteiger partial charge in [-0.1, -0.05) is 12.5 Å². The standard InChI is InChI=1S/C10H16F2O/c1-9(11,12)6-7-10(8-13-2)4-3-5-10/h6-7H,3-5,8H2,1-2H3. The number of alkyl halides is 2. The van der Waals surface area contributed by atoms with Crippen LogP contribution in [-0.2, 0) is 4.74 Å². The second-order valence-electron chi connectivity index (χ2n) is 3.94. The summed E-state index contributed by atoms with van der Waals surface area (Å²) < 4.78 is 30.1. The Bertz CT molecular complexity index is 190. The number of hydrogen-bond donors (Lipinski definition) is 0. The summed E-state index contributed by atoms with van der Waals surface area (Å²) in [6.45, 7) is 1.46. The summed E-state index contributed by atoms with van der Waals surface area (Å²) in [5.74, 6) is -2.70. The minimum Gasteiger partial charge on any atom is -0.384 e. The zero-order chi connectivity index (χ0) is 9.95. The fourth-order valence-electron chi connectivity index (χ4n) is 1.60. The molecule has 1 rings (SSSR count). The van der Waals surface area contributed by atoms with Gasteiger partial charge in [-0.05, 0) is 18.9 Å². The van der Waals surface area contributed by atoms with Crippen LogP contribution < -0.4 is 0 Å². The fourth-order valence-corrected chi connectivity index (χ4v) is 1.60. The van der Waals surface area contributed by atoms with Crippen molar-refractivity contribution in [2.24, 2.45) is 5.41 Å². The quantitative estimate of drug-likeness (QED) is 0.619. The van der Waals surface area contributed by atoms with Gasteiger partial charge in [0, 0.05) is 19.4 Å². The van der Waals surface area contributed by atoms with Crippen molar-refractivity contribution in [2.75, 3.05) is 13.7 Å². The van der Waals surface area contributed by atoms with Crippen molar-refractivity contribution >= 4 is 0 Å². The molecular formula is C10H16F2O. The Hall–Kier alpha value is -0.440. The molecule has 1 nitrogen and oxygen atoms in total. The highest BCUT2D eigenvalue weighted by molar-refractivity contribution is 5.07. The third-order valence-electron chi connectivity index (χ3n) is 2.51. The van der Waals surface area contributed by atoms with E-state index in [0.29, 0.717) is 6.61 Å². The highest BCUT2D eigenvalue weighted by Gasteiger charge is 2.35. The lowest BCUT2D eigenvalue weighted by atomic mass is 9.69. The van der Waals surface area contributed by atoms with Gasteiger partial charge in [0.2, 0.25) is 0 Å². The lowest BCUT2D eigenvalue weighted by Gasteiger charge is -2.38. The molecule has 1 aliphatic rings. The maximum absolute atomic E-state index is 12.5. The molecule has 0 bridgehead atoms. The van der Waals surface area contributed by atoms with Crippen molar-refractivity contribution < 1.29 is 13.5 Å². The third-order valence-corrected chi connectivity index (χ3v) is 2.51. The van der Waals surface area contributed by atoms with Crippen molar-refractivity contribution in [3.8, 4) is 0 Å². The SMILES string of the molecule is COCC1(C=CC(C)(F)F)CCC1. The lowest BCUT2D eigenvalue weighted by Crippen LogP contribution is -2.32. The normalized spacial score (nSPS) is 21.8. The summed E-state index contributed by atoms with van der Waals surface area (Å²) in [7, 11) is 1.61. The molecule has 0 aliphatic heterocycles. The second-order valence-corrected chi connectivity index (χ2v) is 3.94. The zero-order valence-corrected chi connectivity index (χ0v) is 8.15. The van der Waals surface area contributed by atoms with Crippen LogP contribution in [0.5, 0.6) is 0 Å². The fraction of sp³-hybridized carbons (Fsp3) is 0.800. The first-order valence-corrected chi connectivity index (χ1v) is 4.55. The van der Waals surface area contributed by atoms with Gasteiger partial charge in [-0.2, -0.15) is 0 Å². The van der Waals surface area contributed by atoms with Gasteiger partial charge in [0.25, 0.3) is 5.92 Å². The predicted molar refractivity (Wildman–Crippen MR) is 47.9 cm³/mol. The van der Waals surface area contributed by atoms with E-state index >= 15 is 0 Å². The first-order valence-electron chi connectivity index (χ1n) is 4.55. The molecule has 1 saturated carbocycles. The van der Waals surface area contributed by atoms with Gasteiger partial charge in [0.1, 0.15) is 0 Å². The molecule has 1 fully saturated rings. The highest BCUT2D eigenvalue weighted by atomic mass is 19.3. The molecule has 0 aromatic heterocycles. The largest absolute Gasteiger partial charge is 0.384 e. The molecule has 1 aliphatic carbocycles. The van der Waals surface area contributed by atoms with Crippen LogP contribution in [0.25, 0.3) is 0 Å². The van der Waals surface area contributed by atoms with Gasteiger partial charge >= 0.3 is 0 Å². The smallest absolute Gasteiger partial charge is 0.263 e.